The van der Waals surface area contributed by atoms with E-state index in [4.69, 9.17) is 0 Å². The Morgan fingerprint density at radius 2 is 2.09 bits per heavy atom. The summed E-state index contributed by atoms with van der Waals surface area (Å²) in [4.78, 5) is 14.3. The number of para-hydroxylation sites is 1. The zero-order valence-electron chi connectivity index (χ0n) is 12.6. The normalized spacial score (nSPS) is 16.4. The SMILES string of the molecule is C[C@H]1Cc2ccccc2N1C(=O)NCCc1cccc(O)c1. The third kappa shape index (κ3) is 2.91. The number of phenols is 1. The average Bonchev–Trinajstić information content (AvgIpc) is 2.83. The van der Waals surface area contributed by atoms with Crippen LogP contribution in [0.5, 0.6) is 5.75 Å². The molecule has 1 atom stereocenters. The van der Waals surface area contributed by atoms with Crippen LogP contribution in [-0.2, 0) is 12.8 Å². The van der Waals surface area contributed by atoms with E-state index in [1.54, 1.807) is 12.1 Å². The second-order valence-corrected chi connectivity index (χ2v) is 5.70. The number of nitrogens with zero attached hydrogens (tertiary/aromatic N) is 1. The summed E-state index contributed by atoms with van der Waals surface area (Å²) in [5, 5.41) is 12.4. The largest absolute Gasteiger partial charge is 0.508 e. The Labute approximate surface area is 130 Å². The number of aromatic hydroxyl groups is 1. The quantitative estimate of drug-likeness (QED) is 0.914. The van der Waals surface area contributed by atoms with E-state index in [0.29, 0.717) is 13.0 Å². The second kappa shape index (κ2) is 6.10. The molecule has 0 saturated carbocycles. The number of phenolic OH excluding ortho intramolecular Hbond substituents is 1. The molecule has 4 heteroatoms. The standard InChI is InChI=1S/C18H20N2O2/c1-13-11-15-6-2-3-8-17(15)20(13)18(22)19-10-9-14-5-4-7-16(21)12-14/h2-8,12-13,21H,9-11H2,1H3,(H,19,22)/t13-/m0/s1. The van der Waals surface area contributed by atoms with Crippen LogP contribution in [0.3, 0.4) is 0 Å². The molecule has 0 aliphatic carbocycles. The molecule has 1 heterocycles. The van der Waals surface area contributed by atoms with E-state index in [0.717, 1.165) is 17.7 Å². The van der Waals surface area contributed by atoms with Crippen molar-refractivity contribution in [2.45, 2.75) is 25.8 Å². The molecular formula is C18H20N2O2. The highest BCUT2D eigenvalue weighted by Gasteiger charge is 2.30. The van der Waals surface area contributed by atoms with Crippen molar-refractivity contribution < 1.29 is 9.90 Å². The van der Waals surface area contributed by atoms with Crippen LogP contribution in [0.1, 0.15) is 18.1 Å². The maximum absolute atomic E-state index is 12.4. The molecule has 22 heavy (non-hydrogen) atoms. The molecule has 0 saturated heterocycles. The van der Waals surface area contributed by atoms with Gasteiger partial charge in [0.05, 0.1) is 0 Å². The number of rotatable bonds is 3. The topological polar surface area (TPSA) is 52.6 Å². The third-order valence-corrected chi connectivity index (χ3v) is 4.03. The molecule has 0 spiro atoms. The van der Waals surface area contributed by atoms with E-state index in [-0.39, 0.29) is 17.8 Å². The van der Waals surface area contributed by atoms with Gasteiger partial charge in [0.25, 0.3) is 0 Å². The summed E-state index contributed by atoms with van der Waals surface area (Å²) in [5.41, 5.74) is 3.23. The molecule has 1 aliphatic rings. The van der Waals surface area contributed by atoms with Crippen LogP contribution in [0, 0.1) is 0 Å². The highest BCUT2D eigenvalue weighted by atomic mass is 16.3. The molecule has 0 radical (unpaired) electrons. The number of amides is 2. The summed E-state index contributed by atoms with van der Waals surface area (Å²) in [6.07, 6.45) is 1.60. The lowest BCUT2D eigenvalue weighted by molar-refractivity contribution is 0.245. The van der Waals surface area contributed by atoms with E-state index >= 15 is 0 Å². The minimum Gasteiger partial charge on any atom is -0.508 e. The highest BCUT2D eigenvalue weighted by molar-refractivity contribution is 5.94. The van der Waals surface area contributed by atoms with E-state index in [9.17, 15) is 9.90 Å². The molecule has 0 bridgehead atoms. The Balaban J connectivity index is 1.61. The lowest BCUT2D eigenvalue weighted by Gasteiger charge is -2.23. The maximum atomic E-state index is 12.4. The van der Waals surface area contributed by atoms with Crippen molar-refractivity contribution in [1.82, 2.24) is 5.32 Å². The summed E-state index contributed by atoms with van der Waals surface area (Å²) in [5.74, 6) is 0.255. The Morgan fingerprint density at radius 1 is 1.27 bits per heavy atom. The molecule has 1 aliphatic heterocycles. The Hall–Kier alpha value is -2.49. The van der Waals surface area contributed by atoms with Crippen LogP contribution >= 0.6 is 0 Å². The summed E-state index contributed by atoms with van der Waals surface area (Å²) in [6, 6.07) is 15.3. The van der Waals surface area contributed by atoms with Gasteiger partial charge in [0.2, 0.25) is 0 Å². The number of carbonyl (C=O) groups is 1. The van der Waals surface area contributed by atoms with E-state index in [1.165, 1.54) is 5.56 Å². The number of hydrogen-bond donors (Lipinski definition) is 2. The molecule has 0 fully saturated rings. The first-order valence-electron chi connectivity index (χ1n) is 7.58. The Bertz CT molecular complexity index is 684. The van der Waals surface area contributed by atoms with Gasteiger partial charge >= 0.3 is 6.03 Å². The second-order valence-electron chi connectivity index (χ2n) is 5.70. The van der Waals surface area contributed by atoms with Gasteiger partial charge in [-0.25, -0.2) is 4.79 Å². The van der Waals surface area contributed by atoms with E-state index < -0.39 is 0 Å². The lowest BCUT2D eigenvalue weighted by atomic mass is 10.1. The van der Waals surface area contributed by atoms with Crippen LogP contribution in [0.15, 0.2) is 48.5 Å². The van der Waals surface area contributed by atoms with Crippen molar-refractivity contribution in [2.24, 2.45) is 0 Å². The van der Waals surface area contributed by atoms with Crippen molar-refractivity contribution in [3.8, 4) is 5.75 Å². The van der Waals surface area contributed by atoms with Gasteiger partial charge in [-0.3, -0.25) is 4.90 Å². The predicted octanol–water partition coefficient (Wildman–Crippen LogP) is 3.10. The van der Waals surface area contributed by atoms with Gasteiger partial charge in [-0.1, -0.05) is 30.3 Å². The molecule has 0 aromatic heterocycles. The van der Waals surface area contributed by atoms with Crippen molar-refractivity contribution in [1.29, 1.82) is 0 Å². The molecule has 2 N–H and O–H groups in total. The first kappa shape index (κ1) is 14.4. The van der Waals surface area contributed by atoms with Crippen LogP contribution in [0.2, 0.25) is 0 Å². The monoisotopic (exact) mass is 296 g/mol. The van der Waals surface area contributed by atoms with Crippen LogP contribution in [0.4, 0.5) is 10.5 Å². The van der Waals surface area contributed by atoms with Crippen LogP contribution in [-0.4, -0.2) is 23.7 Å². The van der Waals surface area contributed by atoms with E-state index in [1.807, 2.05) is 35.2 Å². The van der Waals surface area contributed by atoms with Gasteiger partial charge in [-0.2, -0.15) is 0 Å². The molecule has 0 unspecified atom stereocenters. The molecule has 2 aromatic rings. The molecular weight excluding hydrogens is 276 g/mol. The van der Waals surface area contributed by atoms with Gasteiger partial charge in [0.15, 0.2) is 0 Å². The smallest absolute Gasteiger partial charge is 0.322 e. The zero-order chi connectivity index (χ0) is 15.5. The fourth-order valence-electron chi connectivity index (χ4n) is 2.99. The maximum Gasteiger partial charge on any atom is 0.322 e. The van der Waals surface area contributed by atoms with Gasteiger partial charge in [0.1, 0.15) is 5.75 Å². The molecule has 114 valence electrons. The minimum atomic E-state index is -0.0578. The summed E-state index contributed by atoms with van der Waals surface area (Å²) in [6.45, 7) is 2.61. The summed E-state index contributed by atoms with van der Waals surface area (Å²) in [7, 11) is 0. The number of urea groups is 1. The van der Waals surface area contributed by atoms with Crippen LogP contribution < -0.4 is 10.2 Å². The molecule has 4 nitrogen and oxygen atoms in total. The third-order valence-electron chi connectivity index (χ3n) is 4.03. The summed E-state index contributed by atoms with van der Waals surface area (Å²) < 4.78 is 0. The predicted molar refractivity (Wildman–Crippen MR) is 87.3 cm³/mol. The fourth-order valence-corrected chi connectivity index (χ4v) is 2.99. The van der Waals surface area contributed by atoms with Crippen molar-refractivity contribution in [2.75, 3.05) is 11.4 Å². The number of fused-ring (bicyclic) bond motifs is 1. The average molecular weight is 296 g/mol. The van der Waals surface area contributed by atoms with Gasteiger partial charge in [-0.15, -0.1) is 0 Å². The van der Waals surface area contributed by atoms with Crippen molar-refractivity contribution in [3.63, 3.8) is 0 Å². The van der Waals surface area contributed by atoms with Gasteiger partial charge in [0, 0.05) is 18.3 Å². The fraction of sp³-hybridized carbons (Fsp3) is 0.278. The number of benzene rings is 2. The van der Waals surface area contributed by atoms with Gasteiger partial charge in [-0.05, 0) is 49.1 Å². The Kier molecular flexibility index (Phi) is 4.00. The minimum absolute atomic E-state index is 0.0578. The van der Waals surface area contributed by atoms with Crippen molar-refractivity contribution in [3.05, 3.63) is 59.7 Å². The van der Waals surface area contributed by atoms with E-state index in [2.05, 4.69) is 18.3 Å². The highest BCUT2D eigenvalue weighted by Crippen LogP contribution is 2.31. The number of hydrogen-bond acceptors (Lipinski definition) is 2. The zero-order valence-corrected chi connectivity index (χ0v) is 12.6. The molecule has 2 aromatic carbocycles. The first-order valence-corrected chi connectivity index (χ1v) is 7.58. The number of anilines is 1. The number of carbonyl (C=O) groups excluding carboxylic acids is 1. The number of nitrogens with one attached hydrogen (secondary N) is 1. The van der Waals surface area contributed by atoms with Crippen molar-refractivity contribution >= 4 is 11.7 Å². The molecule has 2 amide bonds. The molecule has 3 rings (SSSR count). The first-order chi connectivity index (χ1) is 10.6. The summed E-state index contributed by atoms with van der Waals surface area (Å²) >= 11 is 0. The Morgan fingerprint density at radius 3 is 2.91 bits per heavy atom. The van der Waals surface area contributed by atoms with Gasteiger partial charge < -0.3 is 10.4 Å². The van der Waals surface area contributed by atoms with Crippen LogP contribution in [0.25, 0.3) is 0 Å². The lowest BCUT2D eigenvalue weighted by Crippen LogP contribution is -2.43.